The molecule has 0 radical (unpaired) electrons. The Morgan fingerprint density at radius 1 is 1.33 bits per heavy atom. The summed E-state index contributed by atoms with van der Waals surface area (Å²) < 4.78 is 28.4. The van der Waals surface area contributed by atoms with E-state index in [9.17, 15) is 8.78 Å². The zero-order chi connectivity index (χ0) is 13.0. The highest BCUT2D eigenvalue weighted by atomic mass is 19.3. The van der Waals surface area contributed by atoms with E-state index in [0.29, 0.717) is 6.54 Å². The van der Waals surface area contributed by atoms with Crippen LogP contribution in [-0.4, -0.2) is 37.1 Å². The normalized spacial score (nSPS) is 20.6. The zero-order valence-electron chi connectivity index (χ0n) is 10.7. The van der Waals surface area contributed by atoms with Crippen molar-refractivity contribution in [2.75, 3.05) is 26.2 Å². The molecule has 0 bridgehead atoms. The van der Waals surface area contributed by atoms with Gasteiger partial charge >= 0.3 is 0 Å². The fraction of sp³-hybridized carbons (Fsp3) is 0.571. The Morgan fingerprint density at radius 3 is 2.61 bits per heavy atom. The van der Waals surface area contributed by atoms with Crippen LogP contribution in [0.1, 0.15) is 18.9 Å². The Balaban J connectivity index is 2.05. The van der Waals surface area contributed by atoms with E-state index in [1.54, 1.807) is 18.2 Å². The molecule has 18 heavy (non-hydrogen) atoms. The molecule has 0 saturated carbocycles. The molecule has 2 rings (SSSR count). The monoisotopic (exact) mass is 254 g/mol. The second kappa shape index (κ2) is 5.76. The molecule has 0 spiro atoms. The molecule has 1 unspecified atom stereocenters. The average molecular weight is 254 g/mol. The number of hydrogen-bond donors (Lipinski definition) is 1. The molecule has 1 aliphatic heterocycles. The van der Waals surface area contributed by atoms with Crippen molar-refractivity contribution < 1.29 is 8.78 Å². The Bertz CT molecular complexity index is 361. The van der Waals surface area contributed by atoms with Crippen molar-refractivity contribution >= 4 is 0 Å². The van der Waals surface area contributed by atoms with E-state index < -0.39 is 5.92 Å². The van der Waals surface area contributed by atoms with E-state index in [-0.39, 0.29) is 18.2 Å². The molecule has 1 fully saturated rings. The second-order valence-corrected chi connectivity index (χ2v) is 4.78. The van der Waals surface area contributed by atoms with Crippen LogP contribution in [0.4, 0.5) is 8.78 Å². The minimum Gasteiger partial charge on any atom is -0.315 e. The largest absolute Gasteiger partial charge is 0.315 e. The van der Waals surface area contributed by atoms with Crippen molar-refractivity contribution in [2.45, 2.75) is 25.3 Å². The van der Waals surface area contributed by atoms with E-state index in [2.05, 4.69) is 5.32 Å². The van der Waals surface area contributed by atoms with Gasteiger partial charge in [0.1, 0.15) is 0 Å². The van der Waals surface area contributed by atoms with Gasteiger partial charge in [0, 0.05) is 18.2 Å². The van der Waals surface area contributed by atoms with Crippen molar-refractivity contribution in [3.05, 3.63) is 35.9 Å². The number of rotatable bonds is 5. The molecule has 1 saturated heterocycles. The summed E-state index contributed by atoms with van der Waals surface area (Å²) in [6, 6.07) is 8.33. The maximum atomic E-state index is 14.2. The van der Waals surface area contributed by atoms with Gasteiger partial charge in [-0.2, -0.15) is 8.78 Å². The summed E-state index contributed by atoms with van der Waals surface area (Å²) in [6.07, 6.45) is 0.957. The van der Waals surface area contributed by atoms with Crippen LogP contribution in [0.25, 0.3) is 0 Å². The summed E-state index contributed by atoms with van der Waals surface area (Å²) in [6.45, 7) is 4.16. The van der Waals surface area contributed by atoms with Crippen LogP contribution >= 0.6 is 0 Å². The lowest BCUT2D eigenvalue weighted by atomic mass is 10.1. The highest BCUT2D eigenvalue weighted by Gasteiger charge is 2.36. The lowest BCUT2D eigenvalue weighted by Crippen LogP contribution is -2.43. The molecule has 0 amide bonds. The van der Waals surface area contributed by atoms with Crippen molar-refractivity contribution in [1.82, 2.24) is 10.2 Å². The molecular weight excluding hydrogens is 234 g/mol. The topological polar surface area (TPSA) is 15.3 Å². The van der Waals surface area contributed by atoms with E-state index in [0.717, 1.165) is 19.5 Å². The fourth-order valence-corrected chi connectivity index (χ4v) is 2.48. The van der Waals surface area contributed by atoms with Crippen LogP contribution in [0.15, 0.2) is 30.3 Å². The molecule has 100 valence electrons. The number of alkyl halides is 2. The molecule has 1 aromatic carbocycles. The van der Waals surface area contributed by atoms with E-state index >= 15 is 0 Å². The molecule has 0 aromatic heterocycles. The minimum atomic E-state index is -2.78. The standard InChI is InChI=1S/C14H20F2N2/c1-2-18(13-8-9-17-10-13)11-14(15,16)12-6-4-3-5-7-12/h3-7,13,17H,2,8-11H2,1H3. The molecule has 1 atom stereocenters. The molecular formula is C14H20F2N2. The Labute approximate surface area is 107 Å². The number of nitrogens with zero attached hydrogens (tertiary/aromatic N) is 1. The van der Waals surface area contributed by atoms with Crippen LogP contribution in [0.5, 0.6) is 0 Å². The van der Waals surface area contributed by atoms with Crippen LogP contribution in [0, 0.1) is 0 Å². The van der Waals surface area contributed by atoms with Gasteiger partial charge in [-0.3, -0.25) is 4.90 Å². The number of likely N-dealkylation sites (N-methyl/N-ethyl adjacent to an activating group) is 1. The van der Waals surface area contributed by atoms with Crippen LogP contribution in [-0.2, 0) is 5.92 Å². The summed E-state index contributed by atoms with van der Waals surface area (Å²) in [5, 5.41) is 3.23. The first kappa shape index (κ1) is 13.4. The molecule has 0 aliphatic carbocycles. The van der Waals surface area contributed by atoms with Crippen LogP contribution in [0.3, 0.4) is 0 Å². The van der Waals surface area contributed by atoms with Gasteiger partial charge in [0.2, 0.25) is 0 Å². The summed E-state index contributed by atoms with van der Waals surface area (Å²) in [5.74, 6) is -2.78. The number of benzene rings is 1. The van der Waals surface area contributed by atoms with E-state index in [1.807, 2.05) is 11.8 Å². The highest BCUT2D eigenvalue weighted by Crippen LogP contribution is 2.29. The third-order valence-electron chi connectivity index (χ3n) is 3.55. The van der Waals surface area contributed by atoms with Gasteiger partial charge in [-0.1, -0.05) is 37.3 Å². The highest BCUT2D eigenvalue weighted by molar-refractivity contribution is 5.20. The molecule has 1 aromatic rings. The summed E-state index contributed by atoms with van der Waals surface area (Å²) in [7, 11) is 0. The van der Waals surface area contributed by atoms with Gasteiger partial charge in [-0.25, -0.2) is 0 Å². The third-order valence-corrected chi connectivity index (χ3v) is 3.55. The predicted molar refractivity (Wildman–Crippen MR) is 68.9 cm³/mol. The summed E-state index contributed by atoms with van der Waals surface area (Å²) >= 11 is 0. The summed E-state index contributed by atoms with van der Waals surface area (Å²) in [4.78, 5) is 1.88. The van der Waals surface area contributed by atoms with Gasteiger partial charge < -0.3 is 5.32 Å². The minimum absolute atomic E-state index is 0.106. The third kappa shape index (κ3) is 3.06. The zero-order valence-corrected chi connectivity index (χ0v) is 10.7. The van der Waals surface area contributed by atoms with Crippen molar-refractivity contribution in [2.24, 2.45) is 0 Å². The van der Waals surface area contributed by atoms with Gasteiger partial charge in [0.25, 0.3) is 5.92 Å². The average Bonchev–Trinajstić information content (AvgIpc) is 2.91. The predicted octanol–water partition coefficient (Wildman–Crippen LogP) is 2.46. The van der Waals surface area contributed by atoms with Crippen LogP contribution < -0.4 is 5.32 Å². The smallest absolute Gasteiger partial charge is 0.285 e. The molecule has 1 aliphatic rings. The SMILES string of the molecule is CCN(CC(F)(F)c1ccccc1)C1CCNC1. The molecule has 2 nitrogen and oxygen atoms in total. The van der Waals surface area contributed by atoms with Gasteiger partial charge in [0.15, 0.2) is 0 Å². The Morgan fingerprint density at radius 2 is 2.06 bits per heavy atom. The van der Waals surface area contributed by atoms with Crippen molar-refractivity contribution in [3.63, 3.8) is 0 Å². The molecule has 1 N–H and O–H groups in total. The van der Waals surface area contributed by atoms with Crippen LogP contribution in [0.2, 0.25) is 0 Å². The maximum absolute atomic E-state index is 14.2. The van der Waals surface area contributed by atoms with Gasteiger partial charge in [0.05, 0.1) is 6.54 Å². The maximum Gasteiger partial charge on any atom is 0.285 e. The molecule has 4 heteroatoms. The first-order chi connectivity index (χ1) is 8.63. The fourth-order valence-electron chi connectivity index (χ4n) is 2.48. The first-order valence-corrected chi connectivity index (χ1v) is 6.51. The lowest BCUT2D eigenvalue weighted by Gasteiger charge is -2.31. The quantitative estimate of drug-likeness (QED) is 0.868. The van der Waals surface area contributed by atoms with Gasteiger partial charge in [-0.15, -0.1) is 0 Å². The number of nitrogens with one attached hydrogen (secondary N) is 1. The Kier molecular flexibility index (Phi) is 4.30. The first-order valence-electron chi connectivity index (χ1n) is 6.51. The Hall–Kier alpha value is -1.00. The lowest BCUT2D eigenvalue weighted by molar-refractivity contribution is -0.0451. The second-order valence-electron chi connectivity index (χ2n) is 4.78. The van der Waals surface area contributed by atoms with E-state index in [1.165, 1.54) is 12.1 Å². The summed E-state index contributed by atoms with van der Waals surface area (Å²) in [5.41, 5.74) is 0.106. The van der Waals surface area contributed by atoms with Crippen molar-refractivity contribution in [3.8, 4) is 0 Å². The number of hydrogen-bond acceptors (Lipinski definition) is 2. The van der Waals surface area contributed by atoms with E-state index in [4.69, 9.17) is 0 Å². The van der Waals surface area contributed by atoms with Crippen molar-refractivity contribution in [1.29, 1.82) is 0 Å². The van der Waals surface area contributed by atoms with Gasteiger partial charge in [-0.05, 0) is 19.5 Å². The number of halogens is 2. The molecule has 1 heterocycles.